The summed E-state index contributed by atoms with van der Waals surface area (Å²) in [5, 5.41) is 6.57. The number of H-pyrrole nitrogens is 1. The summed E-state index contributed by atoms with van der Waals surface area (Å²) in [7, 11) is 0. The lowest BCUT2D eigenvalue weighted by Crippen LogP contribution is -2.35. The summed E-state index contributed by atoms with van der Waals surface area (Å²) < 4.78 is 26.9. The molecule has 1 aromatic carbocycles. The van der Waals surface area contributed by atoms with E-state index in [2.05, 4.69) is 28.9 Å². The van der Waals surface area contributed by atoms with Crippen molar-refractivity contribution in [2.75, 3.05) is 11.4 Å². The molecule has 5 heteroatoms. The van der Waals surface area contributed by atoms with Crippen LogP contribution in [0.25, 0.3) is 11.1 Å². The molecule has 1 aliphatic rings. The fraction of sp³-hybridized carbons (Fsp3) is 0.438. The predicted octanol–water partition coefficient (Wildman–Crippen LogP) is 4.18. The van der Waals surface area contributed by atoms with Crippen LogP contribution in [0, 0.1) is 0 Å². The minimum atomic E-state index is -2.49. The first-order chi connectivity index (χ1) is 10.1. The van der Waals surface area contributed by atoms with Crippen molar-refractivity contribution < 1.29 is 8.78 Å². The molecule has 3 nitrogen and oxygen atoms in total. The van der Waals surface area contributed by atoms with Gasteiger partial charge in [-0.3, -0.25) is 5.10 Å². The largest absolute Gasteiger partial charge is 0.369 e. The van der Waals surface area contributed by atoms with E-state index in [1.165, 1.54) is 0 Å². The number of rotatable bonds is 3. The number of aryl methyl sites for hydroxylation is 1. The predicted molar refractivity (Wildman–Crippen MR) is 79.8 cm³/mol. The molecule has 0 spiro atoms. The van der Waals surface area contributed by atoms with E-state index < -0.39 is 6.43 Å². The van der Waals surface area contributed by atoms with Crippen LogP contribution < -0.4 is 4.90 Å². The van der Waals surface area contributed by atoms with Gasteiger partial charge in [-0.1, -0.05) is 0 Å². The third-order valence-electron chi connectivity index (χ3n) is 4.07. The van der Waals surface area contributed by atoms with Crippen LogP contribution in [-0.2, 0) is 6.42 Å². The van der Waals surface area contributed by atoms with Crippen molar-refractivity contribution in [3.8, 4) is 11.1 Å². The van der Waals surface area contributed by atoms with Crippen molar-refractivity contribution in [1.29, 1.82) is 0 Å². The van der Waals surface area contributed by atoms with Gasteiger partial charge >= 0.3 is 0 Å². The van der Waals surface area contributed by atoms with Crippen molar-refractivity contribution in [3.05, 3.63) is 35.7 Å². The Morgan fingerprint density at radius 1 is 1.29 bits per heavy atom. The second-order valence-corrected chi connectivity index (χ2v) is 5.75. The van der Waals surface area contributed by atoms with Crippen LogP contribution in [0.2, 0.25) is 0 Å². The number of hydrogen-bond acceptors (Lipinski definition) is 2. The molecule has 0 atom stereocenters. The zero-order valence-corrected chi connectivity index (χ0v) is 12.2. The molecule has 1 aliphatic heterocycles. The van der Waals surface area contributed by atoms with Gasteiger partial charge in [0, 0.05) is 35.6 Å². The molecule has 2 aromatic rings. The number of alkyl halides is 2. The second-order valence-electron chi connectivity index (χ2n) is 5.75. The van der Waals surface area contributed by atoms with Gasteiger partial charge in [0.2, 0.25) is 0 Å². The summed E-state index contributed by atoms with van der Waals surface area (Å²) in [6.07, 6.45) is 2.76. The molecule has 1 aromatic heterocycles. The molecule has 0 fully saturated rings. The van der Waals surface area contributed by atoms with E-state index in [0.29, 0.717) is 11.6 Å². The highest BCUT2D eigenvalue weighted by atomic mass is 19.3. The summed E-state index contributed by atoms with van der Waals surface area (Å²) in [6, 6.07) is 3.90. The van der Waals surface area contributed by atoms with E-state index >= 15 is 0 Å². The average Bonchev–Trinajstić information content (AvgIpc) is 2.98. The van der Waals surface area contributed by atoms with E-state index in [1.807, 2.05) is 6.07 Å². The van der Waals surface area contributed by atoms with Gasteiger partial charge in [0.1, 0.15) is 0 Å². The highest BCUT2D eigenvalue weighted by molar-refractivity contribution is 5.73. The Morgan fingerprint density at radius 3 is 2.71 bits per heavy atom. The monoisotopic (exact) mass is 291 g/mol. The standard InChI is InChI=1S/C16H19F2N3/c1-10(2)21-5-3-4-11-6-13(12-8-19-20-9-12)14(16(17)18)7-15(11)21/h6-10,16H,3-5H2,1-2H3,(H,19,20). The maximum atomic E-state index is 13.5. The number of fused-ring (bicyclic) bond motifs is 1. The number of anilines is 1. The van der Waals surface area contributed by atoms with Crippen molar-refractivity contribution in [2.45, 2.75) is 39.2 Å². The number of benzene rings is 1. The number of aromatic amines is 1. The Hall–Kier alpha value is -1.91. The van der Waals surface area contributed by atoms with Gasteiger partial charge in [-0.2, -0.15) is 5.10 Å². The third kappa shape index (κ3) is 2.52. The lowest BCUT2D eigenvalue weighted by atomic mass is 9.92. The first-order valence-electron chi connectivity index (χ1n) is 7.28. The lowest BCUT2D eigenvalue weighted by Gasteiger charge is -2.35. The fourth-order valence-corrected chi connectivity index (χ4v) is 3.04. The Kier molecular flexibility index (Phi) is 3.66. The molecule has 0 saturated carbocycles. The second kappa shape index (κ2) is 5.47. The summed E-state index contributed by atoms with van der Waals surface area (Å²) in [4.78, 5) is 2.21. The van der Waals surface area contributed by atoms with E-state index in [1.54, 1.807) is 18.5 Å². The average molecular weight is 291 g/mol. The highest BCUT2D eigenvalue weighted by Gasteiger charge is 2.24. The van der Waals surface area contributed by atoms with Crippen molar-refractivity contribution in [1.82, 2.24) is 10.2 Å². The fourth-order valence-electron chi connectivity index (χ4n) is 3.04. The SMILES string of the molecule is CC(C)N1CCCc2cc(-c3cn[nH]c3)c(C(F)F)cc21. The van der Waals surface area contributed by atoms with Crippen LogP contribution in [0.3, 0.4) is 0 Å². The van der Waals surface area contributed by atoms with E-state index in [9.17, 15) is 8.78 Å². The van der Waals surface area contributed by atoms with Crippen LogP contribution in [0.15, 0.2) is 24.5 Å². The summed E-state index contributed by atoms with van der Waals surface area (Å²) in [5.74, 6) is 0. The molecule has 0 radical (unpaired) electrons. The molecule has 1 N–H and O–H groups in total. The van der Waals surface area contributed by atoms with Gasteiger partial charge in [-0.05, 0) is 49.9 Å². The molecule has 112 valence electrons. The molecular formula is C16H19F2N3. The van der Waals surface area contributed by atoms with Crippen molar-refractivity contribution >= 4 is 5.69 Å². The summed E-state index contributed by atoms with van der Waals surface area (Å²) >= 11 is 0. The molecule has 0 unspecified atom stereocenters. The Labute approximate surface area is 123 Å². The molecular weight excluding hydrogens is 272 g/mol. The number of nitrogens with one attached hydrogen (secondary N) is 1. The van der Waals surface area contributed by atoms with E-state index in [0.717, 1.165) is 36.2 Å². The zero-order valence-electron chi connectivity index (χ0n) is 12.2. The van der Waals surface area contributed by atoms with Crippen LogP contribution in [-0.4, -0.2) is 22.8 Å². The van der Waals surface area contributed by atoms with E-state index in [-0.39, 0.29) is 5.56 Å². The topological polar surface area (TPSA) is 31.9 Å². The maximum absolute atomic E-state index is 13.5. The molecule has 0 aliphatic carbocycles. The summed E-state index contributed by atoms with van der Waals surface area (Å²) in [6.45, 7) is 5.13. The lowest BCUT2D eigenvalue weighted by molar-refractivity contribution is 0.152. The van der Waals surface area contributed by atoms with Crippen LogP contribution in [0.5, 0.6) is 0 Å². The first-order valence-corrected chi connectivity index (χ1v) is 7.28. The Morgan fingerprint density at radius 2 is 2.10 bits per heavy atom. The van der Waals surface area contributed by atoms with Crippen LogP contribution in [0.4, 0.5) is 14.5 Å². The minimum absolute atomic E-state index is 0.0858. The van der Waals surface area contributed by atoms with Gasteiger partial charge in [0.05, 0.1) is 6.20 Å². The smallest absolute Gasteiger partial charge is 0.264 e. The van der Waals surface area contributed by atoms with Gasteiger partial charge in [-0.25, -0.2) is 8.78 Å². The van der Waals surface area contributed by atoms with Crippen LogP contribution >= 0.6 is 0 Å². The molecule has 0 amide bonds. The number of aromatic nitrogens is 2. The maximum Gasteiger partial charge on any atom is 0.264 e. The number of hydrogen-bond donors (Lipinski definition) is 1. The Bertz CT molecular complexity index is 621. The van der Waals surface area contributed by atoms with Crippen molar-refractivity contribution in [2.24, 2.45) is 0 Å². The Balaban J connectivity index is 2.16. The molecule has 0 saturated heterocycles. The van der Waals surface area contributed by atoms with Crippen LogP contribution in [0.1, 0.15) is 37.8 Å². The number of halogens is 2. The molecule has 2 heterocycles. The number of nitrogens with zero attached hydrogens (tertiary/aromatic N) is 2. The van der Waals surface area contributed by atoms with E-state index in [4.69, 9.17) is 0 Å². The first kappa shape index (κ1) is 14.0. The van der Waals surface area contributed by atoms with Gasteiger partial charge < -0.3 is 4.90 Å². The normalized spacial score (nSPS) is 14.9. The molecule has 21 heavy (non-hydrogen) atoms. The highest BCUT2D eigenvalue weighted by Crippen LogP contribution is 2.39. The summed E-state index contributed by atoms with van der Waals surface area (Å²) in [5.41, 5.74) is 3.50. The third-order valence-corrected chi connectivity index (χ3v) is 4.07. The van der Waals surface area contributed by atoms with Gasteiger partial charge in [0.25, 0.3) is 6.43 Å². The van der Waals surface area contributed by atoms with Crippen molar-refractivity contribution in [3.63, 3.8) is 0 Å². The zero-order chi connectivity index (χ0) is 15.0. The van der Waals surface area contributed by atoms with Gasteiger partial charge in [0.15, 0.2) is 0 Å². The molecule has 0 bridgehead atoms. The quantitative estimate of drug-likeness (QED) is 0.920. The van der Waals surface area contributed by atoms with Gasteiger partial charge in [-0.15, -0.1) is 0 Å². The minimum Gasteiger partial charge on any atom is -0.369 e. The molecule has 3 rings (SSSR count).